The van der Waals surface area contributed by atoms with Crippen LogP contribution in [0.15, 0.2) is 42.5 Å². The van der Waals surface area contributed by atoms with Crippen LogP contribution in [0, 0.1) is 13.8 Å². The van der Waals surface area contributed by atoms with E-state index in [1.54, 1.807) is 0 Å². The quantitative estimate of drug-likeness (QED) is 0.656. The van der Waals surface area contributed by atoms with Crippen LogP contribution in [0.5, 0.6) is 0 Å². The number of halogens is 1. The molecule has 0 atom stereocenters. The summed E-state index contributed by atoms with van der Waals surface area (Å²) in [4.78, 5) is 0. The zero-order chi connectivity index (χ0) is 11.5. The molecule has 2 aromatic carbocycles. The monoisotopic (exact) mass is 230 g/mol. The molecule has 0 fully saturated rings. The van der Waals surface area contributed by atoms with Crippen molar-refractivity contribution in [2.45, 2.75) is 19.7 Å². The molecule has 0 radical (unpaired) electrons. The van der Waals surface area contributed by atoms with Crippen LogP contribution in [-0.2, 0) is 5.88 Å². The number of alkyl halides is 1. The summed E-state index contributed by atoms with van der Waals surface area (Å²) in [5.74, 6) is 0.577. The van der Waals surface area contributed by atoms with Gasteiger partial charge < -0.3 is 0 Å². The molecule has 0 amide bonds. The van der Waals surface area contributed by atoms with Crippen LogP contribution in [0.4, 0.5) is 0 Å². The third-order valence-electron chi connectivity index (χ3n) is 2.66. The van der Waals surface area contributed by atoms with Crippen molar-refractivity contribution in [1.29, 1.82) is 0 Å². The average Bonchev–Trinajstić information content (AvgIpc) is 2.28. The van der Waals surface area contributed by atoms with E-state index in [4.69, 9.17) is 11.6 Å². The van der Waals surface area contributed by atoms with Gasteiger partial charge in [0, 0.05) is 5.88 Å². The fourth-order valence-electron chi connectivity index (χ4n) is 1.93. The molecule has 0 bridgehead atoms. The van der Waals surface area contributed by atoms with E-state index in [2.05, 4.69) is 56.3 Å². The van der Waals surface area contributed by atoms with Crippen molar-refractivity contribution in [2.24, 2.45) is 0 Å². The molecule has 0 aliphatic carbocycles. The second kappa shape index (κ2) is 4.71. The first kappa shape index (κ1) is 11.2. The first-order valence-corrected chi connectivity index (χ1v) is 5.96. The highest BCUT2D eigenvalue weighted by Gasteiger charge is 1.99. The molecule has 0 spiro atoms. The first-order chi connectivity index (χ1) is 7.69. The van der Waals surface area contributed by atoms with Gasteiger partial charge >= 0.3 is 0 Å². The Morgan fingerprint density at radius 1 is 0.812 bits per heavy atom. The number of hydrogen-bond donors (Lipinski definition) is 0. The summed E-state index contributed by atoms with van der Waals surface area (Å²) >= 11 is 5.78. The van der Waals surface area contributed by atoms with Crippen molar-refractivity contribution in [2.75, 3.05) is 0 Å². The summed E-state index contributed by atoms with van der Waals surface area (Å²) in [7, 11) is 0. The van der Waals surface area contributed by atoms with Gasteiger partial charge in [-0.1, -0.05) is 53.6 Å². The molecule has 0 saturated heterocycles. The smallest absolute Gasteiger partial charge is 0.0474 e. The summed E-state index contributed by atoms with van der Waals surface area (Å²) in [6, 6.07) is 15.0. The SMILES string of the molecule is Cc1cc(C)cc(-c2ccc(CCl)cc2)c1. The van der Waals surface area contributed by atoms with Crippen LogP contribution in [0.25, 0.3) is 11.1 Å². The van der Waals surface area contributed by atoms with Gasteiger partial charge in [0.25, 0.3) is 0 Å². The summed E-state index contributed by atoms with van der Waals surface area (Å²) in [6.07, 6.45) is 0. The maximum absolute atomic E-state index is 5.78. The number of hydrogen-bond acceptors (Lipinski definition) is 0. The maximum Gasteiger partial charge on any atom is 0.0474 e. The Morgan fingerprint density at radius 3 is 1.88 bits per heavy atom. The first-order valence-electron chi connectivity index (χ1n) is 5.42. The summed E-state index contributed by atoms with van der Waals surface area (Å²) in [6.45, 7) is 4.26. The summed E-state index contributed by atoms with van der Waals surface area (Å²) in [5.41, 5.74) is 6.29. The zero-order valence-corrected chi connectivity index (χ0v) is 10.4. The van der Waals surface area contributed by atoms with Gasteiger partial charge in [-0.25, -0.2) is 0 Å². The van der Waals surface area contributed by atoms with Gasteiger partial charge in [0.15, 0.2) is 0 Å². The molecule has 2 aromatic rings. The second-order valence-corrected chi connectivity index (χ2v) is 4.47. The van der Waals surface area contributed by atoms with E-state index in [0.717, 1.165) is 5.56 Å². The molecular formula is C15H15Cl. The Morgan fingerprint density at radius 2 is 1.38 bits per heavy atom. The molecule has 0 aromatic heterocycles. The lowest BCUT2D eigenvalue weighted by molar-refractivity contribution is 1.37. The summed E-state index contributed by atoms with van der Waals surface area (Å²) in [5, 5.41) is 0. The molecule has 2 rings (SSSR count). The van der Waals surface area contributed by atoms with Crippen molar-refractivity contribution in [3.8, 4) is 11.1 Å². The molecular weight excluding hydrogens is 216 g/mol. The van der Waals surface area contributed by atoms with Crippen LogP contribution in [0.2, 0.25) is 0 Å². The van der Waals surface area contributed by atoms with Gasteiger partial charge in [-0.3, -0.25) is 0 Å². The van der Waals surface area contributed by atoms with Crippen LogP contribution in [0.1, 0.15) is 16.7 Å². The van der Waals surface area contributed by atoms with Crippen molar-refractivity contribution in [1.82, 2.24) is 0 Å². The highest BCUT2D eigenvalue weighted by atomic mass is 35.5. The molecule has 0 heterocycles. The van der Waals surface area contributed by atoms with Crippen LogP contribution < -0.4 is 0 Å². The average molecular weight is 231 g/mol. The Balaban J connectivity index is 2.42. The molecule has 0 N–H and O–H groups in total. The lowest BCUT2D eigenvalue weighted by Crippen LogP contribution is -1.83. The number of benzene rings is 2. The Bertz CT molecular complexity index is 463. The van der Waals surface area contributed by atoms with E-state index in [0.29, 0.717) is 5.88 Å². The van der Waals surface area contributed by atoms with Crippen molar-refractivity contribution < 1.29 is 0 Å². The Labute approximate surface area is 102 Å². The van der Waals surface area contributed by atoms with Crippen LogP contribution in [-0.4, -0.2) is 0 Å². The molecule has 1 heteroatoms. The van der Waals surface area contributed by atoms with E-state index in [9.17, 15) is 0 Å². The predicted octanol–water partition coefficient (Wildman–Crippen LogP) is 4.71. The minimum atomic E-state index is 0.577. The highest BCUT2D eigenvalue weighted by molar-refractivity contribution is 6.17. The fourth-order valence-corrected chi connectivity index (χ4v) is 2.11. The minimum Gasteiger partial charge on any atom is -0.122 e. The second-order valence-electron chi connectivity index (χ2n) is 4.21. The molecule has 82 valence electrons. The van der Waals surface area contributed by atoms with E-state index in [1.807, 2.05) is 0 Å². The topological polar surface area (TPSA) is 0 Å². The summed E-state index contributed by atoms with van der Waals surface area (Å²) < 4.78 is 0. The Hall–Kier alpha value is -1.27. The zero-order valence-electron chi connectivity index (χ0n) is 9.63. The molecule has 0 saturated carbocycles. The largest absolute Gasteiger partial charge is 0.122 e. The highest BCUT2D eigenvalue weighted by Crippen LogP contribution is 2.22. The molecule has 0 aliphatic rings. The maximum atomic E-state index is 5.78. The van der Waals surface area contributed by atoms with Crippen molar-refractivity contribution >= 4 is 11.6 Å². The molecule has 0 unspecified atom stereocenters. The van der Waals surface area contributed by atoms with Gasteiger partial charge in [0.2, 0.25) is 0 Å². The normalized spacial score (nSPS) is 10.4. The standard InChI is InChI=1S/C15H15Cl/c1-11-7-12(2)9-15(8-11)14-5-3-13(10-16)4-6-14/h3-9H,10H2,1-2H3. The fraction of sp³-hybridized carbons (Fsp3) is 0.200. The van der Waals surface area contributed by atoms with Gasteiger partial charge in [0.1, 0.15) is 0 Å². The minimum absolute atomic E-state index is 0.577. The molecule has 0 aliphatic heterocycles. The van der Waals surface area contributed by atoms with E-state index in [-0.39, 0.29) is 0 Å². The molecule has 0 nitrogen and oxygen atoms in total. The molecule has 16 heavy (non-hydrogen) atoms. The van der Waals surface area contributed by atoms with E-state index in [1.165, 1.54) is 22.3 Å². The number of aryl methyl sites for hydroxylation is 2. The van der Waals surface area contributed by atoms with Crippen molar-refractivity contribution in [3.63, 3.8) is 0 Å². The predicted molar refractivity (Wildman–Crippen MR) is 70.9 cm³/mol. The van der Waals surface area contributed by atoms with E-state index < -0.39 is 0 Å². The Kier molecular flexibility index (Phi) is 3.31. The third kappa shape index (κ3) is 2.45. The van der Waals surface area contributed by atoms with Gasteiger partial charge in [-0.05, 0) is 30.5 Å². The third-order valence-corrected chi connectivity index (χ3v) is 2.97. The van der Waals surface area contributed by atoms with E-state index >= 15 is 0 Å². The van der Waals surface area contributed by atoms with Gasteiger partial charge in [0.05, 0.1) is 0 Å². The lowest BCUT2D eigenvalue weighted by atomic mass is 10.00. The van der Waals surface area contributed by atoms with Crippen molar-refractivity contribution in [3.05, 3.63) is 59.2 Å². The lowest BCUT2D eigenvalue weighted by Gasteiger charge is -2.06. The van der Waals surface area contributed by atoms with Crippen LogP contribution in [0.3, 0.4) is 0 Å². The number of rotatable bonds is 2. The van der Waals surface area contributed by atoms with Gasteiger partial charge in [-0.2, -0.15) is 0 Å². The van der Waals surface area contributed by atoms with Gasteiger partial charge in [-0.15, -0.1) is 11.6 Å². The van der Waals surface area contributed by atoms with Crippen LogP contribution >= 0.6 is 11.6 Å².